The van der Waals surface area contributed by atoms with Gasteiger partial charge in [-0.1, -0.05) is 48.2 Å². The van der Waals surface area contributed by atoms with Crippen molar-refractivity contribution in [1.29, 1.82) is 0 Å². The fourth-order valence-corrected chi connectivity index (χ4v) is 5.23. The second-order valence-electron chi connectivity index (χ2n) is 7.06. The molecule has 0 radical (unpaired) electrons. The van der Waals surface area contributed by atoms with Crippen LogP contribution in [0.1, 0.15) is 18.5 Å². The largest absolute Gasteiger partial charge is 0.454 e. The van der Waals surface area contributed by atoms with Crippen molar-refractivity contribution in [3.05, 3.63) is 66.5 Å². The van der Waals surface area contributed by atoms with Gasteiger partial charge in [0.25, 0.3) is 0 Å². The maximum atomic E-state index is 12.6. The lowest BCUT2D eigenvalue weighted by molar-refractivity contribution is -0.119. The molecule has 0 aliphatic carbocycles. The maximum absolute atomic E-state index is 12.6. The number of thiophene rings is 1. The molecule has 2 aromatic carbocycles. The SMILES string of the molecule is C[C@H](NC(=O)CSc1ncnc2sc(-c3ccccc3)cc12)c1ccc2c(c1)OCO2. The van der Waals surface area contributed by atoms with Gasteiger partial charge in [0.15, 0.2) is 11.5 Å². The lowest BCUT2D eigenvalue weighted by Crippen LogP contribution is -2.28. The molecular formula is C23H19N3O3S2. The summed E-state index contributed by atoms with van der Waals surface area (Å²) in [5, 5.41) is 4.83. The topological polar surface area (TPSA) is 73.3 Å². The monoisotopic (exact) mass is 449 g/mol. The average Bonchev–Trinajstić information content (AvgIpc) is 3.44. The van der Waals surface area contributed by atoms with Crippen LogP contribution in [0.15, 0.2) is 66.0 Å². The highest BCUT2D eigenvalue weighted by atomic mass is 32.2. The summed E-state index contributed by atoms with van der Waals surface area (Å²) in [5.41, 5.74) is 2.12. The number of benzene rings is 2. The predicted octanol–water partition coefficient (Wildman–Crippen LogP) is 5.06. The van der Waals surface area contributed by atoms with E-state index in [1.807, 2.05) is 43.3 Å². The molecule has 0 saturated carbocycles. The van der Waals surface area contributed by atoms with E-state index in [0.717, 1.165) is 37.0 Å². The van der Waals surface area contributed by atoms with Crippen LogP contribution in [0, 0.1) is 0 Å². The summed E-state index contributed by atoms with van der Waals surface area (Å²) >= 11 is 3.05. The van der Waals surface area contributed by atoms with Crippen LogP contribution in [-0.4, -0.2) is 28.4 Å². The van der Waals surface area contributed by atoms with Crippen molar-refractivity contribution in [2.24, 2.45) is 0 Å². The molecule has 0 bridgehead atoms. The van der Waals surface area contributed by atoms with Crippen LogP contribution in [0.2, 0.25) is 0 Å². The van der Waals surface area contributed by atoms with Gasteiger partial charge in [-0.2, -0.15) is 0 Å². The maximum Gasteiger partial charge on any atom is 0.231 e. The third-order valence-electron chi connectivity index (χ3n) is 4.97. The molecule has 1 atom stereocenters. The van der Waals surface area contributed by atoms with E-state index in [1.165, 1.54) is 11.8 Å². The van der Waals surface area contributed by atoms with Crippen molar-refractivity contribution in [1.82, 2.24) is 15.3 Å². The van der Waals surface area contributed by atoms with Crippen LogP contribution in [0.4, 0.5) is 0 Å². The average molecular weight is 450 g/mol. The van der Waals surface area contributed by atoms with Gasteiger partial charge < -0.3 is 14.8 Å². The molecule has 1 amide bonds. The van der Waals surface area contributed by atoms with E-state index in [4.69, 9.17) is 9.47 Å². The van der Waals surface area contributed by atoms with E-state index in [1.54, 1.807) is 17.7 Å². The van der Waals surface area contributed by atoms with E-state index in [-0.39, 0.29) is 24.5 Å². The first-order valence-corrected chi connectivity index (χ1v) is 11.6. The van der Waals surface area contributed by atoms with Crippen molar-refractivity contribution in [2.75, 3.05) is 12.5 Å². The van der Waals surface area contributed by atoms with Crippen molar-refractivity contribution in [3.63, 3.8) is 0 Å². The Morgan fingerprint density at radius 2 is 1.97 bits per heavy atom. The minimum Gasteiger partial charge on any atom is -0.454 e. The molecule has 5 rings (SSSR count). The number of ether oxygens (including phenoxy) is 2. The van der Waals surface area contributed by atoms with Crippen LogP contribution < -0.4 is 14.8 Å². The van der Waals surface area contributed by atoms with Crippen molar-refractivity contribution < 1.29 is 14.3 Å². The first-order valence-electron chi connectivity index (χ1n) is 9.79. The number of nitrogens with one attached hydrogen (secondary N) is 1. The number of thioether (sulfide) groups is 1. The van der Waals surface area contributed by atoms with Gasteiger partial charge in [-0.05, 0) is 36.2 Å². The Morgan fingerprint density at radius 3 is 2.84 bits per heavy atom. The van der Waals surface area contributed by atoms with Gasteiger partial charge in [0.2, 0.25) is 12.7 Å². The Balaban J connectivity index is 1.26. The normalized spacial score (nSPS) is 13.3. The molecule has 1 N–H and O–H groups in total. The molecule has 2 aromatic heterocycles. The predicted molar refractivity (Wildman–Crippen MR) is 123 cm³/mol. The molecular weight excluding hydrogens is 430 g/mol. The number of fused-ring (bicyclic) bond motifs is 2. The molecule has 1 aliphatic heterocycles. The summed E-state index contributed by atoms with van der Waals surface area (Å²) in [6.07, 6.45) is 1.56. The summed E-state index contributed by atoms with van der Waals surface area (Å²) in [4.78, 5) is 23.4. The van der Waals surface area contributed by atoms with Crippen LogP contribution >= 0.6 is 23.1 Å². The third kappa shape index (κ3) is 4.22. The quantitative estimate of drug-likeness (QED) is 0.328. The first kappa shape index (κ1) is 19.8. The van der Waals surface area contributed by atoms with Crippen molar-refractivity contribution in [2.45, 2.75) is 18.0 Å². The number of carbonyl (C=O) groups is 1. The van der Waals surface area contributed by atoms with E-state index in [2.05, 4.69) is 33.5 Å². The number of aromatic nitrogens is 2. The summed E-state index contributed by atoms with van der Waals surface area (Å²) in [6.45, 7) is 2.19. The number of rotatable bonds is 6. The van der Waals surface area contributed by atoms with E-state index in [9.17, 15) is 4.79 Å². The first-order chi connectivity index (χ1) is 15.2. The standard InChI is InChI=1S/C23H19N3O3S2/c1-14(16-7-8-18-19(9-16)29-13-28-18)26-21(27)11-30-22-17-10-20(15-5-3-2-4-6-15)31-23(17)25-12-24-22/h2-10,12,14H,11,13H2,1H3,(H,26,27)/t14-/m0/s1. The number of hydrogen-bond acceptors (Lipinski definition) is 7. The van der Waals surface area contributed by atoms with Gasteiger partial charge in [-0.3, -0.25) is 4.79 Å². The smallest absolute Gasteiger partial charge is 0.231 e. The van der Waals surface area contributed by atoms with Gasteiger partial charge in [-0.15, -0.1) is 11.3 Å². The molecule has 8 heteroatoms. The molecule has 156 valence electrons. The molecule has 0 spiro atoms. The highest BCUT2D eigenvalue weighted by Crippen LogP contribution is 2.36. The molecule has 0 saturated heterocycles. The highest BCUT2D eigenvalue weighted by Gasteiger charge is 2.17. The van der Waals surface area contributed by atoms with Crippen LogP contribution in [0.5, 0.6) is 11.5 Å². The zero-order valence-electron chi connectivity index (χ0n) is 16.7. The summed E-state index contributed by atoms with van der Waals surface area (Å²) in [7, 11) is 0. The van der Waals surface area contributed by atoms with Gasteiger partial charge >= 0.3 is 0 Å². The zero-order chi connectivity index (χ0) is 21.2. The Labute approximate surface area is 187 Å². The van der Waals surface area contributed by atoms with Crippen LogP contribution in [-0.2, 0) is 4.79 Å². The number of carbonyl (C=O) groups excluding carboxylic acids is 1. The number of nitrogens with zero attached hydrogens (tertiary/aromatic N) is 2. The van der Waals surface area contributed by atoms with Gasteiger partial charge in [0.05, 0.1) is 11.8 Å². The Kier molecular flexibility index (Phi) is 5.48. The summed E-state index contributed by atoms with van der Waals surface area (Å²) < 4.78 is 10.8. The highest BCUT2D eigenvalue weighted by molar-refractivity contribution is 8.00. The van der Waals surface area contributed by atoms with Crippen molar-refractivity contribution >= 4 is 39.2 Å². The Hall–Kier alpha value is -3.10. The van der Waals surface area contributed by atoms with E-state index >= 15 is 0 Å². The third-order valence-corrected chi connectivity index (χ3v) is 7.06. The molecule has 31 heavy (non-hydrogen) atoms. The van der Waals surface area contributed by atoms with E-state index < -0.39 is 0 Å². The molecule has 1 aliphatic rings. The Bertz CT molecular complexity index is 1240. The minimum atomic E-state index is -0.140. The molecule has 4 aromatic rings. The Morgan fingerprint density at radius 1 is 1.13 bits per heavy atom. The molecule has 0 fully saturated rings. The molecule has 3 heterocycles. The second kappa shape index (κ2) is 8.56. The van der Waals surface area contributed by atoms with Crippen LogP contribution in [0.25, 0.3) is 20.7 Å². The number of hydrogen-bond donors (Lipinski definition) is 1. The lowest BCUT2D eigenvalue weighted by atomic mass is 10.1. The second-order valence-corrected chi connectivity index (χ2v) is 9.06. The van der Waals surface area contributed by atoms with Gasteiger partial charge in [0.1, 0.15) is 16.2 Å². The van der Waals surface area contributed by atoms with Gasteiger partial charge in [-0.25, -0.2) is 9.97 Å². The minimum absolute atomic E-state index is 0.0551. The van der Waals surface area contributed by atoms with Gasteiger partial charge in [0, 0.05) is 10.3 Å². The van der Waals surface area contributed by atoms with Crippen LogP contribution in [0.3, 0.4) is 0 Å². The number of amides is 1. The lowest BCUT2D eigenvalue weighted by Gasteiger charge is -2.14. The molecule has 0 unspecified atom stereocenters. The summed E-state index contributed by atoms with van der Waals surface area (Å²) in [6, 6.07) is 17.9. The fraction of sp³-hybridized carbons (Fsp3) is 0.174. The zero-order valence-corrected chi connectivity index (χ0v) is 18.3. The fourth-order valence-electron chi connectivity index (χ4n) is 3.38. The molecule has 6 nitrogen and oxygen atoms in total. The van der Waals surface area contributed by atoms with E-state index in [0.29, 0.717) is 5.75 Å². The van der Waals surface area contributed by atoms with Crippen molar-refractivity contribution in [3.8, 4) is 21.9 Å². The summed E-state index contributed by atoms with van der Waals surface area (Å²) in [5.74, 6) is 1.66.